The highest BCUT2D eigenvalue weighted by molar-refractivity contribution is 14.1. The average Bonchev–Trinajstić information content (AvgIpc) is 3.53. The molecule has 3 aromatic heterocycles. The summed E-state index contributed by atoms with van der Waals surface area (Å²) in [6, 6.07) is 17.3. The highest BCUT2D eigenvalue weighted by atomic mass is 127. The zero-order valence-electron chi connectivity index (χ0n) is 20.0. The molecule has 1 aromatic carbocycles. The third-order valence-electron chi connectivity index (χ3n) is 6.04. The van der Waals surface area contributed by atoms with Gasteiger partial charge in [-0.1, -0.05) is 79.0 Å². The van der Waals surface area contributed by atoms with Crippen molar-refractivity contribution in [2.75, 3.05) is 11.5 Å². The van der Waals surface area contributed by atoms with Gasteiger partial charge in [-0.25, -0.2) is 9.97 Å². The minimum absolute atomic E-state index is 0.765. The number of benzene rings is 1. The van der Waals surface area contributed by atoms with Crippen LogP contribution >= 0.6 is 45.3 Å². The number of hydrogen-bond donors (Lipinski definition) is 0. The van der Waals surface area contributed by atoms with Crippen molar-refractivity contribution >= 4 is 56.2 Å². The van der Waals surface area contributed by atoms with E-state index in [0.717, 1.165) is 30.9 Å². The second-order valence-electron chi connectivity index (χ2n) is 8.93. The number of nitrogens with zero attached hydrogens (tertiary/aromatic N) is 3. The quantitative estimate of drug-likeness (QED) is 0.0820. The molecule has 0 atom stereocenters. The van der Waals surface area contributed by atoms with Crippen molar-refractivity contribution in [3.8, 4) is 9.75 Å². The minimum Gasteiger partial charge on any atom is -0.294 e. The van der Waals surface area contributed by atoms with Crippen LogP contribution in [0.2, 0.25) is 0 Å². The summed E-state index contributed by atoms with van der Waals surface area (Å²) in [6.45, 7) is 1.68. The van der Waals surface area contributed by atoms with Crippen LogP contribution in [0.15, 0.2) is 53.9 Å². The zero-order valence-corrected chi connectivity index (χ0v) is 23.8. The molecule has 0 radical (unpaired) electrons. The lowest BCUT2D eigenvalue weighted by molar-refractivity contribution is 0.313. The normalized spacial score (nSPS) is 11.6. The Morgan fingerprint density at radius 2 is 1.59 bits per heavy atom. The van der Waals surface area contributed by atoms with E-state index >= 15 is 0 Å². The van der Waals surface area contributed by atoms with Crippen LogP contribution in [0, 0.1) is 0 Å². The monoisotopic (exact) mass is 603 g/mol. The summed E-state index contributed by atoms with van der Waals surface area (Å²) >= 11 is 6.17. The lowest BCUT2D eigenvalue weighted by Crippen LogP contribution is -2.19. The molecule has 180 valence electrons. The first-order chi connectivity index (χ1) is 16.7. The fourth-order valence-corrected chi connectivity index (χ4v) is 6.77. The highest BCUT2D eigenvalue weighted by Gasteiger charge is 2.11. The van der Waals surface area contributed by atoms with Crippen molar-refractivity contribution in [1.82, 2.24) is 14.9 Å². The minimum atomic E-state index is 0.765. The number of unbranched alkanes of at least 4 members (excludes halogenated alkanes) is 6. The second-order valence-corrected chi connectivity index (χ2v) is 12.1. The molecule has 6 heteroatoms. The number of aromatic nitrogens is 2. The van der Waals surface area contributed by atoms with E-state index in [9.17, 15) is 0 Å². The van der Waals surface area contributed by atoms with E-state index in [1.54, 1.807) is 11.3 Å². The molecule has 0 amide bonds. The van der Waals surface area contributed by atoms with Crippen molar-refractivity contribution in [2.24, 2.45) is 0 Å². The lowest BCUT2D eigenvalue weighted by Gasteiger charge is -2.16. The van der Waals surface area contributed by atoms with E-state index in [1.165, 1.54) is 75.1 Å². The first kappa shape index (κ1) is 25.7. The number of aryl methyl sites for hydroxylation is 1. The Morgan fingerprint density at radius 1 is 0.794 bits per heavy atom. The van der Waals surface area contributed by atoms with Gasteiger partial charge in [0.05, 0.1) is 17.8 Å². The molecule has 3 heterocycles. The number of fused-ring (bicyclic) bond motifs is 1. The SMILES string of the molecule is CN(Cc1nc(CCCCCCCCCI)c2ccccc2n1)Cc1ccc(-c2cccs2)s1. The Hall–Kier alpha value is -1.35. The second kappa shape index (κ2) is 13.7. The first-order valence-electron chi connectivity index (χ1n) is 12.3. The van der Waals surface area contributed by atoms with E-state index in [0.29, 0.717) is 0 Å². The Balaban J connectivity index is 1.34. The van der Waals surface area contributed by atoms with Gasteiger partial charge in [0.15, 0.2) is 0 Å². The molecule has 0 aliphatic carbocycles. The molecular formula is C28H34IN3S2. The Bertz CT molecular complexity index is 1140. The molecule has 4 rings (SSSR count). The van der Waals surface area contributed by atoms with Gasteiger partial charge in [-0.2, -0.15) is 0 Å². The van der Waals surface area contributed by atoms with E-state index in [1.807, 2.05) is 11.3 Å². The van der Waals surface area contributed by atoms with Gasteiger partial charge in [0.2, 0.25) is 0 Å². The van der Waals surface area contributed by atoms with Gasteiger partial charge in [-0.05, 0) is 60.4 Å². The molecule has 0 aliphatic heterocycles. The van der Waals surface area contributed by atoms with Gasteiger partial charge in [-0.15, -0.1) is 22.7 Å². The molecule has 0 spiro atoms. The average molecular weight is 604 g/mol. The third-order valence-corrected chi connectivity index (χ3v) is 8.94. The number of hydrogen-bond acceptors (Lipinski definition) is 5. The van der Waals surface area contributed by atoms with Crippen LogP contribution in [0.3, 0.4) is 0 Å². The summed E-state index contributed by atoms with van der Waals surface area (Å²) in [7, 11) is 2.17. The van der Waals surface area contributed by atoms with Gasteiger partial charge in [0, 0.05) is 26.6 Å². The topological polar surface area (TPSA) is 29.0 Å². The maximum Gasteiger partial charge on any atom is 0.143 e. The molecule has 0 saturated heterocycles. The van der Waals surface area contributed by atoms with Gasteiger partial charge in [-0.3, -0.25) is 4.90 Å². The summed E-state index contributed by atoms with van der Waals surface area (Å²) in [5.74, 6) is 0.935. The van der Waals surface area contributed by atoms with Gasteiger partial charge in [0.25, 0.3) is 0 Å². The smallest absolute Gasteiger partial charge is 0.143 e. The highest BCUT2D eigenvalue weighted by Crippen LogP contribution is 2.32. The standard InChI is InChI=1S/C28H34IN3S2/c1-32(20-22-16-17-27(34-22)26-15-11-19-33-26)21-28-30-24(23-12-8-9-14-25(23)31-28)13-7-5-3-2-4-6-10-18-29/h8-9,11-12,14-17,19H,2-7,10,13,18,20-21H2,1H3. The van der Waals surface area contributed by atoms with E-state index in [2.05, 4.69) is 88.4 Å². The molecule has 0 aliphatic rings. The van der Waals surface area contributed by atoms with Gasteiger partial charge in [0.1, 0.15) is 5.82 Å². The van der Waals surface area contributed by atoms with E-state index in [4.69, 9.17) is 9.97 Å². The molecule has 3 nitrogen and oxygen atoms in total. The number of thiophene rings is 2. The van der Waals surface area contributed by atoms with Crippen LogP contribution in [0.25, 0.3) is 20.7 Å². The number of rotatable bonds is 14. The fourth-order valence-electron chi connectivity index (χ4n) is 4.30. The van der Waals surface area contributed by atoms with Crippen molar-refractivity contribution in [3.05, 3.63) is 70.3 Å². The molecule has 0 unspecified atom stereocenters. The summed E-state index contributed by atoms with van der Waals surface area (Å²) in [4.78, 5) is 16.3. The van der Waals surface area contributed by atoms with Gasteiger partial charge < -0.3 is 0 Å². The van der Waals surface area contributed by atoms with Crippen LogP contribution in [-0.2, 0) is 19.5 Å². The predicted octanol–water partition coefficient (Wildman–Crippen LogP) is 8.76. The van der Waals surface area contributed by atoms with Crippen LogP contribution in [-0.4, -0.2) is 26.3 Å². The summed E-state index contributed by atoms with van der Waals surface area (Å²) < 4.78 is 1.29. The van der Waals surface area contributed by atoms with E-state index < -0.39 is 0 Å². The lowest BCUT2D eigenvalue weighted by atomic mass is 10.0. The fraction of sp³-hybridized carbons (Fsp3) is 0.429. The summed E-state index contributed by atoms with van der Waals surface area (Å²) in [5, 5.41) is 3.36. The van der Waals surface area contributed by atoms with Crippen molar-refractivity contribution in [2.45, 2.75) is 64.5 Å². The third kappa shape index (κ3) is 7.57. The zero-order chi connectivity index (χ0) is 23.6. The molecule has 34 heavy (non-hydrogen) atoms. The largest absolute Gasteiger partial charge is 0.294 e. The number of halogens is 1. The first-order valence-corrected chi connectivity index (χ1v) is 15.6. The number of para-hydroxylation sites is 1. The Kier molecular flexibility index (Phi) is 10.3. The predicted molar refractivity (Wildman–Crippen MR) is 157 cm³/mol. The molecule has 0 fully saturated rings. The van der Waals surface area contributed by atoms with Crippen LogP contribution in [0.5, 0.6) is 0 Å². The van der Waals surface area contributed by atoms with Crippen molar-refractivity contribution < 1.29 is 0 Å². The molecular weight excluding hydrogens is 569 g/mol. The van der Waals surface area contributed by atoms with E-state index in [-0.39, 0.29) is 0 Å². The van der Waals surface area contributed by atoms with Gasteiger partial charge >= 0.3 is 0 Å². The Labute approximate surface area is 225 Å². The molecule has 0 saturated carbocycles. The van der Waals surface area contributed by atoms with Crippen LogP contribution in [0.1, 0.15) is 61.3 Å². The van der Waals surface area contributed by atoms with Crippen molar-refractivity contribution in [3.63, 3.8) is 0 Å². The van der Waals surface area contributed by atoms with Crippen LogP contribution < -0.4 is 0 Å². The number of alkyl halides is 1. The summed E-state index contributed by atoms with van der Waals surface area (Å²) in [5.41, 5.74) is 2.29. The Morgan fingerprint density at radius 3 is 2.38 bits per heavy atom. The molecule has 0 N–H and O–H groups in total. The van der Waals surface area contributed by atoms with Crippen LogP contribution in [0.4, 0.5) is 0 Å². The maximum absolute atomic E-state index is 5.04. The van der Waals surface area contributed by atoms with Crippen molar-refractivity contribution in [1.29, 1.82) is 0 Å². The molecule has 0 bridgehead atoms. The summed E-state index contributed by atoms with van der Waals surface area (Å²) in [6.07, 6.45) is 10.4. The maximum atomic E-state index is 5.04. The molecule has 4 aromatic rings.